The summed E-state index contributed by atoms with van der Waals surface area (Å²) in [4.78, 5) is 0. The minimum Gasteiger partial charge on any atom is -1.00 e. The first-order valence-corrected chi connectivity index (χ1v) is 14.1. The molecule has 0 N–H and O–H groups in total. The van der Waals surface area contributed by atoms with E-state index in [1.807, 2.05) is 0 Å². The molecule has 0 saturated heterocycles. The van der Waals surface area contributed by atoms with Gasteiger partial charge in [0, 0.05) is 0 Å². The normalized spacial score (nSPS) is 18.7. The molecule has 0 bridgehead atoms. The Morgan fingerprint density at radius 2 is 1.31 bits per heavy atom. The van der Waals surface area contributed by atoms with E-state index in [0.717, 1.165) is 5.76 Å². The van der Waals surface area contributed by atoms with E-state index >= 15 is 0 Å². The van der Waals surface area contributed by atoms with E-state index in [0.29, 0.717) is 0 Å². The van der Waals surface area contributed by atoms with E-state index in [1.54, 1.807) is 0 Å². The summed E-state index contributed by atoms with van der Waals surface area (Å²) in [6.45, 7) is 6.73. The summed E-state index contributed by atoms with van der Waals surface area (Å²) in [7, 11) is -3.24. The Morgan fingerprint density at radius 1 is 0.846 bits per heavy atom. The van der Waals surface area contributed by atoms with E-state index in [2.05, 4.69) is 115 Å². The second-order valence-electron chi connectivity index (χ2n) is 7.15. The summed E-state index contributed by atoms with van der Waals surface area (Å²) in [6, 6.07) is 21.8. The molecule has 1 aliphatic carbocycles. The van der Waals surface area contributed by atoms with Crippen molar-refractivity contribution in [3.63, 3.8) is 0 Å². The molecule has 0 heterocycles. The molecule has 1 aliphatic rings. The van der Waals surface area contributed by atoms with Gasteiger partial charge in [-0.2, -0.15) is 0 Å². The van der Waals surface area contributed by atoms with Crippen molar-refractivity contribution in [1.82, 2.24) is 0 Å². The van der Waals surface area contributed by atoms with Gasteiger partial charge < -0.3 is 24.8 Å². The van der Waals surface area contributed by atoms with Gasteiger partial charge in [0.15, 0.2) is 0 Å². The number of hydrogen-bond acceptors (Lipinski definition) is 1. The number of hydrogen-bond donors (Lipinski definition) is 0. The van der Waals surface area contributed by atoms with Gasteiger partial charge in [0.05, 0.1) is 0 Å². The molecule has 0 aliphatic heterocycles. The predicted octanol–water partition coefficient (Wildman–Crippen LogP) is -2.41. The number of halogens is 2. The smallest absolute Gasteiger partial charge is 1.00 e. The van der Waals surface area contributed by atoms with Crippen LogP contribution in [0.1, 0.15) is 0 Å². The first-order chi connectivity index (χ1) is 11.4. The maximum Gasteiger partial charge on any atom is -1.00 e. The second-order valence-corrected chi connectivity index (χ2v) is 16.4. The summed E-state index contributed by atoms with van der Waals surface area (Å²) >= 11 is 3.53. The number of allylic oxidation sites excluding steroid dienone is 3. The fraction of sp³-hybridized carbons (Fsp3) is 0.200. The minimum atomic E-state index is -1.66. The van der Waals surface area contributed by atoms with Gasteiger partial charge in [0.1, 0.15) is 0 Å². The molecule has 0 amide bonds. The fourth-order valence-corrected chi connectivity index (χ4v) is 9.19. The Labute approximate surface area is 180 Å². The van der Waals surface area contributed by atoms with Crippen LogP contribution >= 0.6 is 0 Å². The van der Waals surface area contributed by atoms with E-state index in [-0.39, 0.29) is 28.7 Å². The molecule has 1 atom stereocenters. The zero-order valence-corrected chi connectivity index (χ0v) is 20.1. The van der Waals surface area contributed by atoms with Crippen molar-refractivity contribution in [2.24, 2.45) is 0 Å². The monoisotopic (exact) mass is 457 g/mol. The van der Waals surface area contributed by atoms with Gasteiger partial charge >= 0.3 is 156 Å². The van der Waals surface area contributed by atoms with E-state index in [1.165, 1.54) is 10.4 Å². The van der Waals surface area contributed by atoms with Crippen LogP contribution in [0.15, 0.2) is 84.7 Å². The van der Waals surface area contributed by atoms with Crippen LogP contribution in [0.2, 0.25) is 23.5 Å². The van der Waals surface area contributed by atoms with Gasteiger partial charge in [0.25, 0.3) is 0 Å². The molecule has 0 saturated carbocycles. The maximum atomic E-state index is 6.48. The molecule has 6 heteroatoms. The molecule has 3 rings (SSSR count). The van der Waals surface area contributed by atoms with Crippen LogP contribution in [0.4, 0.5) is 0 Å². The molecule has 137 valence electrons. The zero-order valence-electron chi connectivity index (χ0n) is 15.2. The molecule has 1 nitrogen and oxygen atoms in total. The standard InChI is InChI=1S/C20H23OSi2.2ClH.Cr/c1-23(2,3)21-19-15-10-16-20(19)22(17-11-6-4-7-12-17)18-13-8-5-9-14-18;;;/h4-16,22H,1-3H3;2*1H;/q;;;+2/p-2. The summed E-state index contributed by atoms with van der Waals surface area (Å²) in [6.07, 6.45) is 6.61. The summed E-state index contributed by atoms with van der Waals surface area (Å²) in [5, 5.41) is 2.86. The average molecular weight is 458 g/mol. The Bertz CT molecular complexity index is 721. The van der Waals surface area contributed by atoms with Crippen molar-refractivity contribution in [1.29, 1.82) is 0 Å². The molecule has 26 heavy (non-hydrogen) atoms. The Morgan fingerprint density at radius 3 is 1.73 bits per heavy atom. The topological polar surface area (TPSA) is 9.23 Å². The van der Waals surface area contributed by atoms with Gasteiger partial charge in [-0.1, -0.05) is 0 Å². The SMILES string of the molecule is C[Si](C)(C)OC1=CC=C[C]1([Cr+2])[SiH](c1ccccc1)c1ccccc1.[Cl-].[Cl-]. The van der Waals surface area contributed by atoms with Gasteiger partial charge in [-0.3, -0.25) is 0 Å². The molecule has 2 aromatic rings. The fourth-order valence-electron chi connectivity index (χ4n) is 3.15. The third kappa shape index (κ3) is 5.16. The summed E-state index contributed by atoms with van der Waals surface area (Å²) < 4.78 is 6.33. The molecule has 0 aromatic heterocycles. The van der Waals surface area contributed by atoms with Crippen LogP contribution in [0.5, 0.6) is 0 Å². The van der Waals surface area contributed by atoms with E-state index < -0.39 is 17.1 Å². The maximum absolute atomic E-state index is 6.48. The summed E-state index contributed by atoms with van der Waals surface area (Å²) in [5.74, 6) is 1.10. The van der Waals surface area contributed by atoms with Crippen LogP contribution in [-0.4, -0.2) is 17.1 Å². The van der Waals surface area contributed by atoms with Gasteiger partial charge in [-0.05, 0) is 0 Å². The molecule has 1 unspecified atom stereocenters. The van der Waals surface area contributed by atoms with Gasteiger partial charge in [0.2, 0.25) is 0 Å². The third-order valence-electron chi connectivity index (χ3n) is 4.09. The van der Waals surface area contributed by atoms with E-state index in [4.69, 9.17) is 4.43 Å². The number of benzene rings is 2. The summed E-state index contributed by atoms with van der Waals surface area (Å²) in [5.41, 5.74) is 0. The molecule has 2 aromatic carbocycles. The predicted molar refractivity (Wildman–Crippen MR) is 104 cm³/mol. The van der Waals surface area contributed by atoms with Crippen molar-refractivity contribution in [3.8, 4) is 0 Å². The average Bonchev–Trinajstić information content (AvgIpc) is 2.89. The first kappa shape index (κ1) is 23.3. The molecular weight excluding hydrogens is 435 g/mol. The van der Waals surface area contributed by atoms with Crippen molar-refractivity contribution in [2.45, 2.75) is 23.5 Å². The quantitative estimate of drug-likeness (QED) is 0.454. The molecule has 0 radical (unpaired) electrons. The first-order valence-electron chi connectivity index (χ1n) is 8.29. The third-order valence-corrected chi connectivity index (χ3v) is 9.99. The second kappa shape index (κ2) is 9.46. The zero-order chi connectivity index (χ0) is 17.2. The Kier molecular flexibility index (Phi) is 8.48. The van der Waals surface area contributed by atoms with Crippen molar-refractivity contribution in [3.05, 3.63) is 84.7 Å². The van der Waals surface area contributed by atoms with Crippen molar-refractivity contribution < 1.29 is 45.5 Å². The Hall–Kier alpha value is -0.734. The van der Waals surface area contributed by atoms with E-state index in [9.17, 15) is 0 Å². The number of rotatable bonds is 5. The largest absolute Gasteiger partial charge is 1.00 e. The van der Waals surface area contributed by atoms with Gasteiger partial charge in [-0.25, -0.2) is 0 Å². The van der Waals surface area contributed by atoms with Crippen LogP contribution in [-0.2, 0) is 20.7 Å². The van der Waals surface area contributed by atoms with Gasteiger partial charge in [-0.15, -0.1) is 0 Å². The molecule has 0 spiro atoms. The minimum absolute atomic E-state index is 0. The van der Waals surface area contributed by atoms with Crippen LogP contribution in [0.3, 0.4) is 0 Å². The van der Waals surface area contributed by atoms with Crippen LogP contribution in [0, 0.1) is 0 Å². The van der Waals surface area contributed by atoms with Crippen LogP contribution in [0.25, 0.3) is 0 Å². The van der Waals surface area contributed by atoms with Crippen LogP contribution < -0.4 is 35.2 Å². The molecular formula is C20H23Cl2CrOSi2. The Balaban J connectivity index is 0.00000169. The molecule has 0 fully saturated rings. The van der Waals surface area contributed by atoms with Crippen molar-refractivity contribution in [2.75, 3.05) is 0 Å². The van der Waals surface area contributed by atoms with Crippen molar-refractivity contribution >= 4 is 27.5 Å².